The van der Waals surface area contributed by atoms with Gasteiger partial charge in [0.25, 0.3) is 5.91 Å². The smallest absolute Gasteiger partial charge is 0.269 e. The van der Waals surface area contributed by atoms with Gasteiger partial charge in [0.15, 0.2) is 5.17 Å². The molecule has 2 aliphatic heterocycles. The number of carbonyl (C=O) groups is 1. The van der Waals surface area contributed by atoms with E-state index in [1.54, 1.807) is 28.8 Å². The normalized spacial score (nSPS) is 18.5. The van der Waals surface area contributed by atoms with E-state index in [0.717, 1.165) is 26.7 Å². The maximum Gasteiger partial charge on any atom is 0.269 e. The standard InChI is InChI=1S/C26H21N5OS2/c1-16-8-9-18(14-27)12-20(16)29-26-31(15-17-6-4-3-5-7-17)24(32)23(34-26)25-30(2)21-11-10-19(28)13-22(21)33-25/h3-13H,15,28H2,1-2H3. The number of hydrogen-bond acceptors (Lipinski definition) is 7. The largest absolute Gasteiger partial charge is 0.399 e. The Labute approximate surface area is 206 Å². The Kier molecular flexibility index (Phi) is 5.82. The summed E-state index contributed by atoms with van der Waals surface area (Å²) < 4.78 is 0. The van der Waals surface area contributed by atoms with Crippen LogP contribution < -0.4 is 10.6 Å². The topological polar surface area (TPSA) is 85.7 Å². The lowest BCUT2D eigenvalue weighted by molar-refractivity contribution is -0.122. The average molecular weight is 484 g/mol. The molecule has 0 spiro atoms. The molecule has 2 aliphatic rings. The molecule has 2 heterocycles. The molecule has 3 aromatic rings. The number of nitrogen functional groups attached to an aromatic ring is 1. The summed E-state index contributed by atoms with van der Waals surface area (Å²) in [6.07, 6.45) is 0. The Morgan fingerprint density at radius 2 is 1.85 bits per heavy atom. The number of anilines is 2. The molecule has 0 aliphatic carbocycles. The molecule has 168 valence electrons. The summed E-state index contributed by atoms with van der Waals surface area (Å²) in [6, 6.07) is 23.2. The summed E-state index contributed by atoms with van der Waals surface area (Å²) in [5, 5.41) is 10.8. The number of carbonyl (C=O) groups excluding carboxylic acids is 1. The van der Waals surface area contributed by atoms with Crippen molar-refractivity contribution >= 4 is 51.7 Å². The Hall–Kier alpha value is -3.67. The fourth-order valence-electron chi connectivity index (χ4n) is 3.80. The van der Waals surface area contributed by atoms with Crippen LogP contribution in [0.5, 0.6) is 0 Å². The van der Waals surface area contributed by atoms with Gasteiger partial charge in [-0.25, -0.2) is 4.99 Å². The fraction of sp³-hybridized carbons (Fsp3) is 0.115. The summed E-state index contributed by atoms with van der Waals surface area (Å²) in [7, 11) is 1.96. The molecule has 1 amide bonds. The molecular weight excluding hydrogens is 462 g/mol. The zero-order valence-electron chi connectivity index (χ0n) is 18.6. The van der Waals surface area contributed by atoms with Crippen molar-refractivity contribution in [2.24, 2.45) is 4.99 Å². The quantitative estimate of drug-likeness (QED) is 0.384. The molecular formula is C26H21N5OS2. The highest BCUT2D eigenvalue weighted by atomic mass is 32.2. The van der Waals surface area contributed by atoms with E-state index >= 15 is 0 Å². The Morgan fingerprint density at radius 1 is 1.06 bits per heavy atom. The molecule has 0 aromatic heterocycles. The van der Waals surface area contributed by atoms with Gasteiger partial charge in [0.2, 0.25) is 0 Å². The number of thioether (sulfide) groups is 2. The average Bonchev–Trinajstić information content (AvgIpc) is 3.32. The van der Waals surface area contributed by atoms with Crippen molar-refractivity contribution in [2.45, 2.75) is 18.4 Å². The third kappa shape index (κ3) is 4.04. The molecule has 1 saturated heterocycles. The van der Waals surface area contributed by atoms with Gasteiger partial charge in [0.05, 0.1) is 34.6 Å². The number of aliphatic imine (C=N–C) groups is 1. The minimum Gasteiger partial charge on any atom is -0.399 e. The molecule has 0 bridgehead atoms. The van der Waals surface area contributed by atoms with Crippen LogP contribution in [0.3, 0.4) is 0 Å². The zero-order chi connectivity index (χ0) is 23.8. The molecule has 0 unspecified atom stereocenters. The molecule has 34 heavy (non-hydrogen) atoms. The van der Waals surface area contributed by atoms with Gasteiger partial charge < -0.3 is 10.6 Å². The Bertz CT molecular complexity index is 1410. The summed E-state index contributed by atoms with van der Waals surface area (Å²) in [5.41, 5.74) is 10.9. The lowest BCUT2D eigenvalue weighted by atomic mass is 10.1. The van der Waals surface area contributed by atoms with Crippen LogP contribution in [0.1, 0.15) is 16.7 Å². The van der Waals surface area contributed by atoms with E-state index in [9.17, 15) is 10.1 Å². The van der Waals surface area contributed by atoms with Crippen LogP contribution in [-0.2, 0) is 11.3 Å². The van der Waals surface area contributed by atoms with Crippen molar-refractivity contribution in [2.75, 3.05) is 17.7 Å². The summed E-state index contributed by atoms with van der Waals surface area (Å²) in [5.74, 6) is -0.0863. The lowest BCUT2D eigenvalue weighted by Crippen LogP contribution is -2.29. The highest BCUT2D eigenvalue weighted by Crippen LogP contribution is 2.50. The second kappa shape index (κ2) is 8.93. The number of aryl methyl sites for hydroxylation is 1. The van der Waals surface area contributed by atoms with Gasteiger partial charge in [0.1, 0.15) is 4.91 Å². The first-order valence-electron chi connectivity index (χ1n) is 10.6. The van der Waals surface area contributed by atoms with Crippen LogP contribution in [0.25, 0.3) is 0 Å². The summed E-state index contributed by atoms with van der Waals surface area (Å²) in [6.45, 7) is 2.36. The number of amides is 1. The van der Waals surface area contributed by atoms with Crippen LogP contribution in [0.15, 0.2) is 86.6 Å². The predicted molar refractivity (Wildman–Crippen MR) is 140 cm³/mol. The van der Waals surface area contributed by atoms with Crippen LogP contribution >= 0.6 is 23.5 Å². The van der Waals surface area contributed by atoms with Gasteiger partial charge in [-0.2, -0.15) is 5.26 Å². The molecule has 0 radical (unpaired) electrons. The van der Waals surface area contributed by atoms with Gasteiger partial charge in [-0.3, -0.25) is 9.69 Å². The van der Waals surface area contributed by atoms with Crippen molar-refractivity contribution in [3.8, 4) is 6.07 Å². The number of nitrogens with two attached hydrogens (primary N) is 1. The Balaban J connectivity index is 1.59. The zero-order valence-corrected chi connectivity index (χ0v) is 20.3. The maximum absolute atomic E-state index is 13.7. The lowest BCUT2D eigenvalue weighted by Gasteiger charge is -2.17. The summed E-state index contributed by atoms with van der Waals surface area (Å²) in [4.78, 5) is 24.0. The molecule has 2 N–H and O–H groups in total. The van der Waals surface area contributed by atoms with Crippen molar-refractivity contribution in [1.29, 1.82) is 5.26 Å². The van der Waals surface area contributed by atoms with E-state index in [1.165, 1.54) is 11.8 Å². The number of amidine groups is 1. The number of hydrogen-bond donors (Lipinski definition) is 1. The van der Waals surface area contributed by atoms with Gasteiger partial charge >= 0.3 is 0 Å². The fourth-order valence-corrected chi connectivity index (χ4v) is 6.18. The number of benzene rings is 3. The van der Waals surface area contributed by atoms with E-state index in [0.29, 0.717) is 33.6 Å². The molecule has 0 saturated carbocycles. The Morgan fingerprint density at radius 3 is 2.62 bits per heavy atom. The van der Waals surface area contributed by atoms with E-state index < -0.39 is 0 Å². The van der Waals surface area contributed by atoms with E-state index in [1.807, 2.05) is 73.5 Å². The number of nitriles is 1. The summed E-state index contributed by atoms with van der Waals surface area (Å²) >= 11 is 2.91. The molecule has 6 nitrogen and oxygen atoms in total. The number of rotatable bonds is 3. The molecule has 1 fully saturated rings. The maximum atomic E-state index is 13.7. The highest BCUT2D eigenvalue weighted by molar-refractivity contribution is 8.19. The first-order chi connectivity index (χ1) is 16.4. The van der Waals surface area contributed by atoms with Crippen molar-refractivity contribution in [1.82, 2.24) is 4.90 Å². The predicted octanol–water partition coefficient (Wildman–Crippen LogP) is 5.62. The second-order valence-electron chi connectivity index (χ2n) is 8.01. The number of nitrogens with zero attached hydrogens (tertiary/aromatic N) is 4. The van der Waals surface area contributed by atoms with Crippen LogP contribution in [-0.4, -0.2) is 23.0 Å². The molecule has 8 heteroatoms. The molecule has 5 rings (SSSR count). The first-order valence-corrected chi connectivity index (χ1v) is 12.3. The van der Waals surface area contributed by atoms with E-state index in [-0.39, 0.29) is 5.91 Å². The van der Waals surface area contributed by atoms with E-state index in [2.05, 4.69) is 6.07 Å². The van der Waals surface area contributed by atoms with Gasteiger partial charge in [-0.15, -0.1) is 0 Å². The molecule has 0 atom stereocenters. The number of fused-ring (bicyclic) bond motifs is 1. The van der Waals surface area contributed by atoms with Crippen LogP contribution in [0, 0.1) is 18.3 Å². The van der Waals surface area contributed by atoms with Gasteiger partial charge in [-0.05, 0) is 60.1 Å². The van der Waals surface area contributed by atoms with Crippen molar-refractivity contribution in [3.63, 3.8) is 0 Å². The van der Waals surface area contributed by atoms with Crippen LogP contribution in [0.2, 0.25) is 0 Å². The monoisotopic (exact) mass is 483 g/mol. The first kappa shape index (κ1) is 22.1. The van der Waals surface area contributed by atoms with Crippen LogP contribution in [0.4, 0.5) is 17.1 Å². The van der Waals surface area contributed by atoms with Gasteiger partial charge in [-0.1, -0.05) is 48.2 Å². The SMILES string of the molecule is Cc1ccc(C#N)cc1N=C1SC(=C2Sc3cc(N)ccc3N2C)C(=O)N1Cc1ccccc1. The van der Waals surface area contributed by atoms with Gasteiger partial charge in [0, 0.05) is 17.6 Å². The van der Waals surface area contributed by atoms with E-state index in [4.69, 9.17) is 10.7 Å². The highest BCUT2D eigenvalue weighted by Gasteiger charge is 2.39. The van der Waals surface area contributed by atoms with Crippen molar-refractivity contribution in [3.05, 3.63) is 93.4 Å². The third-order valence-corrected chi connectivity index (χ3v) is 8.07. The second-order valence-corrected chi connectivity index (χ2v) is 10.0. The minimum absolute atomic E-state index is 0.0863. The minimum atomic E-state index is -0.0863. The van der Waals surface area contributed by atoms with Crippen molar-refractivity contribution < 1.29 is 4.79 Å². The molecule has 3 aromatic carbocycles. The third-order valence-electron chi connectivity index (χ3n) is 5.65.